The lowest BCUT2D eigenvalue weighted by atomic mass is 9.60. The zero-order valence-corrected chi connectivity index (χ0v) is 19.8. The highest BCUT2D eigenvalue weighted by molar-refractivity contribution is 5.81. The maximum atomic E-state index is 12.2. The third-order valence-electron chi connectivity index (χ3n) is 9.80. The van der Waals surface area contributed by atoms with E-state index in [1.54, 1.807) is 0 Å². The number of aliphatic hydroxyl groups is 2. The molecule has 0 bridgehead atoms. The summed E-state index contributed by atoms with van der Waals surface area (Å²) in [5, 5.41) is 20.2. The molecular formula is C28H40O4. The van der Waals surface area contributed by atoms with Crippen LogP contribution in [-0.2, 0) is 9.53 Å². The van der Waals surface area contributed by atoms with Crippen LogP contribution in [0, 0.1) is 28.6 Å². The van der Waals surface area contributed by atoms with Gasteiger partial charge in [-0.1, -0.05) is 38.2 Å². The Balaban J connectivity index is 1.28. The molecule has 2 unspecified atom stereocenters. The Morgan fingerprint density at radius 3 is 2.72 bits per heavy atom. The summed E-state index contributed by atoms with van der Waals surface area (Å²) in [6, 6.07) is 0. The van der Waals surface area contributed by atoms with Crippen molar-refractivity contribution in [2.75, 3.05) is 0 Å². The van der Waals surface area contributed by atoms with E-state index in [1.165, 1.54) is 31.3 Å². The molecule has 0 radical (unpaired) electrons. The van der Waals surface area contributed by atoms with Crippen LogP contribution in [0.15, 0.2) is 35.5 Å². The minimum atomic E-state index is -0.629. The molecule has 1 heterocycles. The number of fused-ring (bicyclic) bond motifs is 1. The molecule has 5 rings (SSSR count). The van der Waals surface area contributed by atoms with Gasteiger partial charge < -0.3 is 14.9 Å². The predicted octanol–water partition coefficient (Wildman–Crippen LogP) is 5.25. The van der Waals surface area contributed by atoms with Gasteiger partial charge in [0, 0.05) is 12.8 Å². The molecule has 2 N–H and O–H groups in total. The molecule has 1 saturated heterocycles. The first kappa shape index (κ1) is 22.4. The van der Waals surface area contributed by atoms with E-state index in [2.05, 4.69) is 32.6 Å². The van der Waals surface area contributed by atoms with E-state index < -0.39 is 12.2 Å². The number of esters is 1. The van der Waals surface area contributed by atoms with Crippen molar-refractivity contribution in [2.45, 2.75) is 103 Å². The topological polar surface area (TPSA) is 66.8 Å². The highest BCUT2D eigenvalue weighted by Crippen LogP contribution is 2.61. The lowest BCUT2D eigenvalue weighted by molar-refractivity contribution is -0.145. The average molecular weight is 441 g/mol. The smallest absolute Gasteiger partial charge is 0.312 e. The summed E-state index contributed by atoms with van der Waals surface area (Å²) in [7, 11) is 0. The summed E-state index contributed by atoms with van der Waals surface area (Å²) < 4.78 is 5.79. The van der Waals surface area contributed by atoms with Gasteiger partial charge in [0.1, 0.15) is 6.10 Å². The number of hydrogen-bond acceptors (Lipinski definition) is 4. The van der Waals surface area contributed by atoms with Gasteiger partial charge in [0.15, 0.2) is 0 Å². The molecule has 4 nitrogen and oxygen atoms in total. The summed E-state index contributed by atoms with van der Waals surface area (Å²) in [5.74, 6) is 1.92. The van der Waals surface area contributed by atoms with Gasteiger partial charge in [-0.15, -0.1) is 0 Å². The summed E-state index contributed by atoms with van der Waals surface area (Å²) in [6.45, 7) is 8.95. The SMILES string of the molecule is C=C1/C(=C\C=C2/CCC[C@@]3(C)C2CC[C@@H]3[C@H](C)CC2CC3(CC3)C(=O)O2)C[C@@H](O)C[C@@H]1O. The molecule has 0 amide bonds. The van der Waals surface area contributed by atoms with E-state index in [1.807, 2.05) is 0 Å². The van der Waals surface area contributed by atoms with Crippen LogP contribution in [0.1, 0.15) is 84.5 Å². The first-order valence-electron chi connectivity index (χ1n) is 12.9. The van der Waals surface area contributed by atoms with Gasteiger partial charge in [-0.2, -0.15) is 0 Å². The van der Waals surface area contributed by atoms with Crippen molar-refractivity contribution in [3.63, 3.8) is 0 Å². The first-order valence-corrected chi connectivity index (χ1v) is 12.9. The molecule has 4 heteroatoms. The summed E-state index contributed by atoms with van der Waals surface area (Å²) in [4.78, 5) is 12.2. The third kappa shape index (κ3) is 3.81. The number of carbonyl (C=O) groups excluding carboxylic acids is 1. The van der Waals surface area contributed by atoms with E-state index in [4.69, 9.17) is 4.74 Å². The highest BCUT2D eigenvalue weighted by atomic mass is 16.6. The van der Waals surface area contributed by atoms with E-state index in [9.17, 15) is 15.0 Å². The lowest BCUT2D eigenvalue weighted by Crippen LogP contribution is -2.36. The zero-order valence-electron chi connectivity index (χ0n) is 19.8. The van der Waals surface area contributed by atoms with E-state index in [0.29, 0.717) is 36.0 Å². The number of cyclic esters (lactones) is 1. The molecule has 4 aliphatic carbocycles. The van der Waals surface area contributed by atoms with Gasteiger partial charge in [-0.3, -0.25) is 4.79 Å². The van der Waals surface area contributed by atoms with Crippen molar-refractivity contribution >= 4 is 5.97 Å². The van der Waals surface area contributed by atoms with Gasteiger partial charge in [0.2, 0.25) is 0 Å². The predicted molar refractivity (Wildman–Crippen MR) is 125 cm³/mol. The Morgan fingerprint density at radius 2 is 2.00 bits per heavy atom. The third-order valence-corrected chi connectivity index (χ3v) is 9.80. The molecule has 7 atom stereocenters. The second-order valence-corrected chi connectivity index (χ2v) is 11.9. The van der Waals surface area contributed by atoms with Gasteiger partial charge in [-0.05, 0) is 92.1 Å². The highest BCUT2D eigenvalue weighted by Gasteiger charge is 2.58. The molecule has 0 aromatic carbocycles. The zero-order chi connectivity index (χ0) is 22.7. The fourth-order valence-electron chi connectivity index (χ4n) is 7.79. The minimum absolute atomic E-state index is 0.0701. The van der Waals surface area contributed by atoms with Gasteiger partial charge >= 0.3 is 5.97 Å². The largest absolute Gasteiger partial charge is 0.462 e. The molecule has 0 aromatic rings. The Bertz CT molecular complexity index is 849. The standard InChI is InChI=1S/C28H40O4/c1-17(13-22-16-28(11-12-28)26(31)32-22)23-8-9-24-19(5-4-10-27(23,24)3)6-7-20-14-21(29)15-25(30)18(20)2/h6-7,17,21-25,29-30H,2,4-5,8-16H2,1,3H3/b19-6+,20-7-/t17-,21-,22?,23-,24?,25+,27-/m1/s1. The minimum Gasteiger partial charge on any atom is -0.462 e. The number of rotatable bonds is 4. The quantitative estimate of drug-likeness (QED) is 0.586. The molecule has 4 saturated carbocycles. The molecule has 5 fully saturated rings. The maximum absolute atomic E-state index is 12.2. The van der Waals surface area contributed by atoms with E-state index >= 15 is 0 Å². The first-order chi connectivity index (χ1) is 15.2. The fourth-order valence-corrected chi connectivity index (χ4v) is 7.79. The fraction of sp³-hybridized carbons (Fsp3) is 0.750. The summed E-state index contributed by atoms with van der Waals surface area (Å²) >= 11 is 0. The Hall–Kier alpha value is -1.39. The van der Waals surface area contributed by atoms with Crippen LogP contribution in [0.25, 0.3) is 0 Å². The molecule has 1 spiro atoms. The number of aliphatic hydroxyl groups excluding tert-OH is 2. The van der Waals surface area contributed by atoms with Crippen LogP contribution in [0.2, 0.25) is 0 Å². The molecule has 5 aliphatic rings. The Labute approximate surface area is 192 Å². The average Bonchev–Trinajstić information content (AvgIpc) is 3.33. The molecule has 176 valence electrons. The van der Waals surface area contributed by atoms with Crippen LogP contribution in [0.3, 0.4) is 0 Å². The number of allylic oxidation sites excluding steroid dienone is 3. The monoisotopic (exact) mass is 440 g/mol. The van der Waals surface area contributed by atoms with Gasteiger partial charge in [0.25, 0.3) is 0 Å². The number of ether oxygens (including phenoxy) is 1. The molecule has 0 aromatic heterocycles. The van der Waals surface area contributed by atoms with Gasteiger partial charge in [0.05, 0.1) is 17.6 Å². The van der Waals surface area contributed by atoms with Crippen LogP contribution in [0.4, 0.5) is 0 Å². The van der Waals surface area contributed by atoms with Crippen molar-refractivity contribution in [3.8, 4) is 0 Å². The lowest BCUT2D eigenvalue weighted by Gasteiger charge is -2.44. The Kier molecular flexibility index (Phi) is 5.69. The number of hydrogen-bond donors (Lipinski definition) is 2. The van der Waals surface area contributed by atoms with Crippen molar-refractivity contribution in [3.05, 3.63) is 35.5 Å². The second kappa shape index (κ2) is 8.13. The summed E-state index contributed by atoms with van der Waals surface area (Å²) in [6.07, 6.45) is 14.6. The second-order valence-electron chi connectivity index (χ2n) is 11.9. The molecule has 32 heavy (non-hydrogen) atoms. The Morgan fingerprint density at radius 1 is 1.22 bits per heavy atom. The molecule has 1 aliphatic heterocycles. The summed E-state index contributed by atoms with van der Waals surface area (Å²) in [5.41, 5.74) is 3.52. The van der Waals surface area contributed by atoms with Crippen LogP contribution in [-0.4, -0.2) is 34.5 Å². The normalized spacial score (nSPS) is 44.2. The van der Waals surface area contributed by atoms with Crippen molar-refractivity contribution in [2.24, 2.45) is 28.6 Å². The maximum Gasteiger partial charge on any atom is 0.312 e. The molecular weight excluding hydrogens is 400 g/mol. The van der Waals surface area contributed by atoms with Crippen molar-refractivity contribution < 1.29 is 19.7 Å². The van der Waals surface area contributed by atoms with Crippen molar-refractivity contribution in [1.82, 2.24) is 0 Å². The number of carbonyl (C=O) groups is 1. The van der Waals surface area contributed by atoms with Crippen molar-refractivity contribution in [1.29, 1.82) is 0 Å². The van der Waals surface area contributed by atoms with Crippen LogP contribution < -0.4 is 0 Å². The van der Waals surface area contributed by atoms with Crippen LogP contribution >= 0.6 is 0 Å². The van der Waals surface area contributed by atoms with E-state index in [-0.39, 0.29) is 17.5 Å². The van der Waals surface area contributed by atoms with E-state index in [0.717, 1.165) is 43.3 Å². The van der Waals surface area contributed by atoms with Crippen LogP contribution in [0.5, 0.6) is 0 Å². The van der Waals surface area contributed by atoms with Gasteiger partial charge in [-0.25, -0.2) is 0 Å².